The van der Waals surface area contributed by atoms with E-state index in [0.29, 0.717) is 5.92 Å². The molecule has 2 atom stereocenters. The largest absolute Gasteiger partial charge is 0.391 e. The van der Waals surface area contributed by atoms with E-state index in [1.807, 2.05) is 20.8 Å². The van der Waals surface area contributed by atoms with Gasteiger partial charge in [-0.25, -0.2) is 0 Å². The van der Waals surface area contributed by atoms with Crippen molar-refractivity contribution in [3.8, 4) is 0 Å². The zero-order chi connectivity index (χ0) is 9.94. The summed E-state index contributed by atoms with van der Waals surface area (Å²) >= 11 is 0. The second-order valence-electron chi connectivity index (χ2n) is 5.10. The van der Waals surface area contributed by atoms with Crippen molar-refractivity contribution in [2.45, 2.75) is 53.2 Å². The zero-order valence-corrected chi connectivity index (χ0v) is 8.96. The molecule has 0 rings (SSSR count). The molecule has 0 spiro atoms. The van der Waals surface area contributed by atoms with E-state index in [2.05, 4.69) is 13.8 Å². The van der Waals surface area contributed by atoms with Gasteiger partial charge in [-0.2, -0.15) is 0 Å². The van der Waals surface area contributed by atoms with Gasteiger partial charge in [-0.15, -0.1) is 0 Å². The van der Waals surface area contributed by atoms with E-state index in [1.54, 1.807) is 0 Å². The van der Waals surface area contributed by atoms with Crippen molar-refractivity contribution < 1.29 is 5.11 Å². The van der Waals surface area contributed by atoms with E-state index >= 15 is 0 Å². The highest BCUT2D eigenvalue weighted by molar-refractivity contribution is 4.82. The van der Waals surface area contributed by atoms with E-state index in [0.717, 1.165) is 6.42 Å². The molecule has 12 heavy (non-hydrogen) atoms. The van der Waals surface area contributed by atoms with Crippen LogP contribution < -0.4 is 5.73 Å². The number of hydrogen-bond donors (Lipinski definition) is 2. The second kappa shape index (κ2) is 4.24. The maximum atomic E-state index is 9.78. The summed E-state index contributed by atoms with van der Waals surface area (Å²) in [6.07, 6.45) is 0.484. The van der Waals surface area contributed by atoms with Crippen LogP contribution in [0.2, 0.25) is 0 Å². The van der Waals surface area contributed by atoms with E-state index < -0.39 is 6.10 Å². The van der Waals surface area contributed by atoms with Crippen LogP contribution in [0.5, 0.6) is 0 Å². The summed E-state index contributed by atoms with van der Waals surface area (Å²) in [5.74, 6) is 0.553. The van der Waals surface area contributed by atoms with E-state index in [1.165, 1.54) is 0 Å². The molecule has 2 unspecified atom stereocenters. The van der Waals surface area contributed by atoms with Crippen LogP contribution in [0.3, 0.4) is 0 Å². The van der Waals surface area contributed by atoms with Gasteiger partial charge >= 0.3 is 0 Å². The van der Waals surface area contributed by atoms with E-state index in [-0.39, 0.29) is 11.5 Å². The Kier molecular flexibility index (Phi) is 4.21. The molecule has 0 aromatic rings. The SMILES string of the molecule is CC(C)CC(N)C(O)C(C)(C)C. The molecule has 0 fully saturated rings. The van der Waals surface area contributed by atoms with Crippen LogP contribution in [0, 0.1) is 11.3 Å². The minimum atomic E-state index is -0.403. The van der Waals surface area contributed by atoms with Gasteiger partial charge in [0, 0.05) is 6.04 Å². The minimum absolute atomic E-state index is 0.0926. The molecular formula is C10H23NO. The molecule has 74 valence electrons. The molecule has 3 N–H and O–H groups in total. The first-order valence-corrected chi connectivity index (χ1v) is 4.68. The van der Waals surface area contributed by atoms with Gasteiger partial charge in [0.25, 0.3) is 0 Å². The van der Waals surface area contributed by atoms with Gasteiger partial charge in [0.2, 0.25) is 0 Å². The molecule has 0 radical (unpaired) electrons. The van der Waals surface area contributed by atoms with Crippen molar-refractivity contribution in [3.05, 3.63) is 0 Å². The molecule has 0 aromatic carbocycles. The Morgan fingerprint density at radius 3 is 1.92 bits per heavy atom. The fraction of sp³-hybridized carbons (Fsp3) is 1.00. The lowest BCUT2D eigenvalue weighted by molar-refractivity contribution is 0.0348. The lowest BCUT2D eigenvalue weighted by Gasteiger charge is -2.31. The summed E-state index contributed by atoms with van der Waals surface area (Å²) in [6, 6.07) is -0.0926. The Bertz CT molecular complexity index is 126. The van der Waals surface area contributed by atoms with Crippen molar-refractivity contribution in [2.24, 2.45) is 17.1 Å². The highest BCUT2D eigenvalue weighted by Crippen LogP contribution is 2.23. The summed E-state index contributed by atoms with van der Waals surface area (Å²) in [4.78, 5) is 0. The third-order valence-electron chi connectivity index (χ3n) is 2.04. The molecule has 2 heteroatoms. The van der Waals surface area contributed by atoms with Crippen LogP contribution >= 0.6 is 0 Å². The topological polar surface area (TPSA) is 46.2 Å². The van der Waals surface area contributed by atoms with Gasteiger partial charge in [0.15, 0.2) is 0 Å². The van der Waals surface area contributed by atoms with Crippen LogP contribution in [0.4, 0.5) is 0 Å². The summed E-state index contributed by atoms with van der Waals surface area (Å²) in [6.45, 7) is 10.3. The third kappa shape index (κ3) is 4.07. The molecule has 0 amide bonds. The van der Waals surface area contributed by atoms with Crippen molar-refractivity contribution >= 4 is 0 Å². The van der Waals surface area contributed by atoms with Gasteiger partial charge in [0.05, 0.1) is 6.10 Å². The monoisotopic (exact) mass is 173 g/mol. The number of aliphatic hydroxyl groups excluding tert-OH is 1. The number of aliphatic hydroxyl groups is 1. The molecule has 0 heterocycles. The van der Waals surface area contributed by atoms with Crippen LogP contribution in [0.1, 0.15) is 41.0 Å². The number of nitrogens with two attached hydrogens (primary N) is 1. The number of rotatable bonds is 3. The molecule has 0 aliphatic heterocycles. The molecule has 0 bridgehead atoms. The van der Waals surface area contributed by atoms with Crippen molar-refractivity contribution in [1.29, 1.82) is 0 Å². The van der Waals surface area contributed by atoms with E-state index in [4.69, 9.17) is 5.73 Å². The minimum Gasteiger partial charge on any atom is -0.391 e. The zero-order valence-electron chi connectivity index (χ0n) is 8.96. The van der Waals surface area contributed by atoms with Crippen molar-refractivity contribution in [3.63, 3.8) is 0 Å². The summed E-state index contributed by atoms with van der Waals surface area (Å²) in [5.41, 5.74) is 5.75. The van der Waals surface area contributed by atoms with Crippen LogP contribution in [0.15, 0.2) is 0 Å². The first kappa shape index (κ1) is 11.9. The molecule has 2 nitrogen and oxygen atoms in total. The smallest absolute Gasteiger partial charge is 0.0739 e. The van der Waals surface area contributed by atoms with E-state index in [9.17, 15) is 5.11 Å². The summed E-state index contributed by atoms with van der Waals surface area (Å²) < 4.78 is 0. The van der Waals surface area contributed by atoms with Crippen LogP contribution in [0.25, 0.3) is 0 Å². The van der Waals surface area contributed by atoms with Crippen molar-refractivity contribution in [1.82, 2.24) is 0 Å². The normalized spacial score (nSPS) is 18.0. The van der Waals surface area contributed by atoms with Crippen molar-refractivity contribution in [2.75, 3.05) is 0 Å². The average Bonchev–Trinajstić information content (AvgIpc) is 1.82. The molecule has 0 saturated heterocycles. The third-order valence-corrected chi connectivity index (χ3v) is 2.04. The molecule has 0 saturated carbocycles. The van der Waals surface area contributed by atoms with Gasteiger partial charge in [-0.3, -0.25) is 0 Å². The highest BCUT2D eigenvalue weighted by atomic mass is 16.3. The standard InChI is InChI=1S/C10H23NO/c1-7(2)6-8(11)9(12)10(3,4)5/h7-9,12H,6,11H2,1-5H3. The molecule has 0 aromatic heterocycles. The first-order valence-electron chi connectivity index (χ1n) is 4.68. The van der Waals surface area contributed by atoms with Gasteiger partial charge in [-0.1, -0.05) is 34.6 Å². The molecular weight excluding hydrogens is 150 g/mol. The fourth-order valence-electron chi connectivity index (χ4n) is 1.32. The summed E-state index contributed by atoms with van der Waals surface area (Å²) in [7, 11) is 0. The highest BCUT2D eigenvalue weighted by Gasteiger charge is 2.28. The summed E-state index contributed by atoms with van der Waals surface area (Å²) in [5, 5.41) is 9.78. The fourth-order valence-corrected chi connectivity index (χ4v) is 1.32. The predicted octanol–water partition coefficient (Wildman–Crippen LogP) is 1.77. The Balaban J connectivity index is 4.01. The van der Waals surface area contributed by atoms with Gasteiger partial charge in [0.1, 0.15) is 0 Å². The van der Waals surface area contributed by atoms with Gasteiger partial charge in [-0.05, 0) is 17.8 Å². The predicted molar refractivity (Wildman–Crippen MR) is 52.9 cm³/mol. The lowest BCUT2D eigenvalue weighted by atomic mass is 9.82. The Hall–Kier alpha value is -0.0800. The average molecular weight is 173 g/mol. The number of hydrogen-bond acceptors (Lipinski definition) is 2. The maximum Gasteiger partial charge on any atom is 0.0739 e. The Labute approximate surface area is 76.2 Å². The molecule has 0 aliphatic rings. The lowest BCUT2D eigenvalue weighted by Crippen LogP contribution is -2.43. The second-order valence-corrected chi connectivity index (χ2v) is 5.10. The van der Waals surface area contributed by atoms with Crippen LogP contribution in [-0.2, 0) is 0 Å². The van der Waals surface area contributed by atoms with Gasteiger partial charge < -0.3 is 10.8 Å². The Morgan fingerprint density at radius 1 is 1.25 bits per heavy atom. The molecule has 0 aliphatic carbocycles. The first-order chi connectivity index (χ1) is 5.25. The van der Waals surface area contributed by atoms with Crippen LogP contribution in [-0.4, -0.2) is 17.3 Å². The maximum absolute atomic E-state index is 9.78. The quantitative estimate of drug-likeness (QED) is 0.683. The Morgan fingerprint density at radius 2 is 1.67 bits per heavy atom.